The van der Waals surface area contributed by atoms with Gasteiger partial charge in [-0.05, 0) is 0 Å². The van der Waals surface area contributed by atoms with Crippen molar-refractivity contribution < 1.29 is 0 Å². The summed E-state index contributed by atoms with van der Waals surface area (Å²) in [5.41, 5.74) is 1.41. The third-order valence-corrected chi connectivity index (χ3v) is 5.07. The number of aliphatic imine (C=N–C) groups is 1. The van der Waals surface area contributed by atoms with Gasteiger partial charge in [-0.25, -0.2) is 0 Å². The van der Waals surface area contributed by atoms with Crippen LogP contribution >= 0.6 is 0 Å². The Labute approximate surface area is 100 Å². The van der Waals surface area contributed by atoms with E-state index in [2.05, 4.69) is 34.1 Å². The van der Waals surface area contributed by atoms with Crippen molar-refractivity contribution in [2.45, 2.75) is 57.9 Å². The quantitative estimate of drug-likeness (QED) is 0.512. The van der Waals surface area contributed by atoms with E-state index in [1.807, 2.05) is 0 Å². The van der Waals surface area contributed by atoms with E-state index in [1.165, 1.54) is 38.5 Å². The third kappa shape index (κ3) is 1.50. The molecule has 4 aliphatic rings. The molecule has 2 unspecified atom stereocenters. The van der Waals surface area contributed by atoms with E-state index in [-0.39, 0.29) is 5.54 Å². The van der Waals surface area contributed by atoms with Gasteiger partial charge in [-0.15, -0.1) is 0 Å². The minimum absolute atomic E-state index is 0.258. The van der Waals surface area contributed by atoms with Crippen molar-refractivity contribution in [1.82, 2.24) is 0 Å². The molecular weight excluding hydrogens is 249 g/mol. The molecule has 0 aromatic rings. The minimum atomic E-state index is 0.258. The Bertz CT molecular complexity index is 338. The van der Waals surface area contributed by atoms with Crippen molar-refractivity contribution in [2.24, 2.45) is 21.7 Å². The van der Waals surface area contributed by atoms with Crippen LogP contribution in [-0.2, 0) is 0 Å². The van der Waals surface area contributed by atoms with Crippen LogP contribution in [0, 0.1) is 16.7 Å². The molecule has 2 atom stereocenters. The first-order valence-corrected chi connectivity index (χ1v) is 6.91. The summed E-state index contributed by atoms with van der Waals surface area (Å²) in [5.74, 6) is 0.938. The standard InChI is InChI=1S/C13H19NSe/c1-11-3-10-4-12(2,6-11)8-13(5-10,7-11)14-9-15/h10H,3-8H2,1-2H3. The second-order valence-corrected chi connectivity index (χ2v) is 7.44. The average Bonchev–Trinajstić information content (AvgIpc) is 1.94. The van der Waals surface area contributed by atoms with Gasteiger partial charge in [-0.1, -0.05) is 0 Å². The molecule has 0 amide bonds. The zero-order valence-corrected chi connectivity index (χ0v) is 11.4. The van der Waals surface area contributed by atoms with E-state index in [4.69, 9.17) is 4.99 Å². The molecule has 4 rings (SSSR count). The van der Waals surface area contributed by atoms with Crippen molar-refractivity contribution in [3.05, 3.63) is 0 Å². The average molecular weight is 268 g/mol. The Hall–Kier alpha value is 0.0995. The normalized spacial score (nSPS) is 56.5. The van der Waals surface area contributed by atoms with E-state index >= 15 is 0 Å². The molecule has 4 fully saturated rings. The molecule has 0 radical (unpaired) electrons. The van der Waals surface area contributed by atoms with Crippen LogP contribution in [-0.4, -0.2) is 25.8 Å². The number of hydrogen-bond donors (Lipinski definition) is 0. The summed E-state index contributed by atoms with van der Waals surface area (Å²) in [6, 6.07) is 0. The topological polar surface area (TPSA) is 12.4 Å². The molecule has 15 heavy (non-hydrogen) atoms. The second-order valence-electron chi connectivity index (χ2n) is 7.06. The molecule has 4 aliphatic carbocycles. The van der Waals surface area contributed by atoms with Gasteiger partial charge in [0.15, 0.2) is 0 Å². The van der Waals surface area contributed by atoms with Gasteiger partial charge in [-0.2, -0.15) is 0 Å². The number of nitrogens with zero attached hydrogens (tertiary/aromatic N) is 1. The van der Waals surface area contributed by atoms with Crippen LogP contribution in [0.15, 0.2) is 4.99 Å². The molecule has 4 bridgehead atoms. The first-order chi connectivity index (χ1) is 6.97. The SMILES string of the molecule is CC12CC3CC(C)(C1)CC(N=C=[Se])(C3)C2. The van der Waals surface area contributed by atoms with E-state index in [1.54, 1.807) is 0 Å². The first kappa shape index (κ1) is 10.3. The van der Waals surface area contributed by atoms with Crippen LogP contribution in [0.2, 0.25) is 0 Å². The summed E-state index contributed by atoms with van der Waals surface area (Å²) < 4.78 is 2.96. The van der Waals surface area contributed by atoms with Crippen LogP contribution in [0.3, 0.4) is 0 Å². The predicted molar refractivity (Wildman–Crippen MR) is 63.3 cm³/mol. The van der Waals surface area contributed by atoms with Crippen molar-refractivity contribution in [1.29, 1.82) is 0 Å². The van der Waals surface area contributed by atoms with Gasteiger partial charge in [0.1, 0.15) is 0 Å². The molecule has 0 N–H and O–H groups in total. The zero-order valence-electron chi connectivity index (χ0n) is 9.68. The van der Waals surface area contributed by atoms with Crippen molar-refractivity contribution >= 4 is 20.3 Å². The molecule has 0 aromatic carbocycles. The Kier molecular flexibility index (Phi) is 1.96. The Morgan fingerprint density at radius 3 is 2.13 bits per heavy atom. The maximum atomic E-state index is 4.70. The van der Waals surface area contributed by atoms with E-state index in [0.717, 1.165) is 5.92 Å². The fourth-order valence-corrected chi connectivity index (χ4v) is 6.02. The zero-order chi connectivity index (χ0) is 10.7. The molecule has 82 valence electrons. The fraction of sp³-hybridized carbons (Fsp3) is 0.923. The fourth-order valence-electron chi connectivity index (χ4n) is 5.61. The summed E-state index contributed by atoms with van der Waals surface area (Å²) in [6.07, 6.45) is 8.27. The van der Waals surface area contributed by atoms with Crippen molar-refractivity contribution in [3.63, 3.8) is 0 Å². The summed E-state index contributed by atoms with van der Waals surface area (Å²) in [4.78, 5) is 4.70. The first-order valence-electron chi connectivity index (χ1n) is 6.06. The maximum absolute atomic E-state index is 4.70. The van der Waals surface area contributed by atoms with Gasteiger partial charge in [-0.3, -0.25) is 0 Å². The van der Waals surface area contributed by atoms with E-state index < -0.39 is 0 Å². The van der Waals surface area contributed by atoms with Crippen molar-refractivity contribution in [3.8, 4) is 0 Å². The summed E-state index contributed by atoms with van der Waals surface area (Å²) in [6.45, 7) is 4.97. The molecule has 1 nitrogen and oxygen atoms in total. The molecular formula is C13H19NSe. The van der Waals surface area contributed by atoms with Crippen LogP contribution in [0.4, 0.5) is 0 Å². The van der Waals surface area contributed by atoms with Crippen LogP contribution in [0.5, 0.6) is 0 Å². The van der Waals surface area contributed by atoms with E-state index in [0.29, 0.717) is 10.8 Å². The summed E-state index contributed by atoms with van der Waals surface area (Å²) in [7, 11) is 0. The second kappa shape index (κ2) is 2.86. The molecule has 0 heterocycles. The van der Waals surface area contributed by atoms with Gasteiger partial charge in [0.2, 0.25) is 0 Å². The Morgan fingerprint density at radius 1 is 1.07 bits per heavy atom. The third-order valence-electron chi connectivity index (χ3n) is 4.88. The van der Waals surface area contributed by atoms with Crippen LogP contribution < -0.4 is 0 Å². The van der Waals surface area contributed by atoms with Gasteiger partial charge in [0, 0.05) is 0 Å². The number of hydrogen-bond acceptors (Lipinski definition) is 1. The molecule has 0 saturated heterocycles. The Morgan fingerprint density at radius 2 is 1.67 bits per heavy atom. The Balaban J connectivity index is 2.05. The summed E-state index contributed by atoms with van der Waals surface area (Å²) >= 11 is 2.83. The van der Waals surface area contributed by atoms with Gasteiger partial charge >= 0.3 is 99.9 Å². The van der Waals surface area contributed by atoms with Gasteiger partial charge in [0.05, 0.1) is 0 Å². The molecule has 4 saturated carbocycles. The van der Waals surface area contributed by atoms with Crippen molar-refractivity contribution in [2.75, 3.05) is 0 Å². The van der Waals surface area contributed by atoms with E-state index in [9.17, 15) is 0 Å². The van der Waals surface area contributed by atoms with Crippen LogP contribution in [0.25, 0.3) is 0 Å². The predicted octanol–water partition coefficient (Wildman–Crippen LogP) is 2.81. The molecule has 0 spiro atoms. The van der Waals surface area contributed by atoms with Crippen LogP contribution in [0.1, 0.15) is 52.4 Å². The monoisotopic (exact) mass is 269 g/mol. The molecule has 0 aromatic heterocycles. The molecule has 2 heteroatoms. The van der Waals surface area contributed by atoms with Gasteiger partial charge < -0.3 is 0 Å². The van der Waals surface area contributed by atoms with Gasteiger partial charge in [0.25, 0.3) is 0 Å². The number of rotatable bonds is 1. The summed E-state index contributed by atoms with van der Waals surface area (Å²) in [5, 5.41) is 0. The molecule has 0 aliphatic heterocycles.